The summed E-state index contributed by atoms with van der Waals surface area (Å²) in [6.07, 6.45) is 0. The standard InChI is InChI=1S/C16H16ClFN2O/c1-20(10-12-13(17)8-5-9-14(12)18)16(21)15(19)11-6-3-2-4-7-11/h2-9,15H,10,19H2,1H3/t15-/m1/s1. The molecular formula is C16H16ClFN2O. The summed E-state index contributed by atoms with van der Waals surface area (Å²) in [5.74, 6) is -0.726. The first-order chi connectivity index (χ1) is 10.0. The van der Waals surface area contributed by atoms with Crippen LogP contribution in [0.4, 0.5) is 4.39 Å². The number of carbonyl (C=O) groups excluding carboxylic acids is 1. The molecule has 0 aliphatic carbocycles. The van der Waals surface area contributed by atoms with Crippen LogP contribution in [0.5, 0.6) is 0 Å². The molecule has 2 rings (SSSR count). The summed E-state index contributed by atoms with van der Waals surface area (Å²) in [7, 11) is 1.58. The molecule has 0 bridgehead atoms. The highest BCUT2D eigenvalue weighted by molar-refractivity contribution is 6.31. The molecule has 0 aliphatic rings. The fraction of sp³-hybridized carbons (Fsp3) is 0.188. The molecule has 0 spiro atoms. The Kier molecular flexibility index (Phi) is 4.94. The number of hydrogen-bond donors (Lipinski definition) is 1. The van der Waals surface area contributed by atoms with E-state index in [1.165, 1.54) is 17.0 Å². The van der Waals surface area contributed by atoms with Crippen LogP contribution in [0.1, 0.15) is 17.2 Å². The van der Waals surface area contributed by atoms with Gasteiger partial charge in [0.25, 0.3) is 0 Å². The second-order valence-electron chi connectivity index (χ2n) is 4.78. The Hall–Kier alpha value is -1.91. The molecule has 1 atom stereocenters. The van der Waals surface area contributed by atoms with Crippen molar-refractivity contribution in [1.82, 2.24) is 4.90 Å². The number of nitrogens with two attached hydrogens (primary N) is 1. The van der Waals surface area contributed by atoms with E-state index < -0.39 is 11.9 Å². The monoisotopic (exact) mass is 306 g/mol. The maximum absolute atomic E-state index is 13.7. The Balaban J connectivity index is 2.13. The Morgan fingerprint density at radius 1 is 1.24 bits per heavy atom. The lowest BCUT2D eigenvalue weighted by atomic mass is 10.1. The van der Waals surface area contributed by atoms with Gasteiger partial charge in [0.1, 0.15) is 11.9 Å². The lowest BCUT2D eigenvalue weighted by Crippen LogP contribution is -2.35. The van der Waals surface area contributed by atoms with Gasteiger partial charge in [-0.05, 0) is 17.7 Å². The normalized spacial score (nSPS) is 12.0. The van der Waals surface area contributed by atoms with Crippen molar-refractivity contribution in [2.45, 2.75) is 12.6 Å². The number of amides is 1. The molecule has 0 unspecified atom stereocenters. The number of halogens is 2. The molecule has 0 fully saturated rings. The van der Waals surface area contributed by atoms with Crippen LogP contribution in [0.15, 0.2) is 48.5 Å². The highest BCUT2D eigenvalue weighted by Gasteiger charge is 2.21. The van der Waals surface area contributed by atoms with E-state index in [-0.39, 0.29) is 18.0 Å². The van der Waals surface area contributed by atoms with Crippen LogP contribution in [0.2, 0.25) is 5.02 Å². The predicted octanol–water partition coefficient (Wildman–Crippen LogP) is 3.14. The molecule has 0 saturated carbocycles. The van der Waals surface area contributed by atoms with Gasteiger partial charge in [0.2, 0.25) is 5.91 Å². The summed E-state index contributed by atoms with van der Waals surface area (Å²) < 4.78 is 13.7. The van der Waals surface area contributed by atoms with Gasteiger partial charge in [-0.15, -0.1) is 0 Å². The quantitative estimate of drug-likeness (QED) is 0.943. The number of nitrogens with zero attached hydrogens (tertiary/aromatic N) is 1. The smallest absolute Gasteiger partial charge is 0.244 e. The van der Waals surface area contributed by atoms with E-state index in [9.17, 15) is 9.18 Å². The maximum Gasteiger partial charge on any atom is 0.244 e. The molecule has 110 valence electrons. The summed E-state index contributed by atoms with van der Waals surface area (Å²) in [6.45, 7) is 0.0743. The molecule has 2 aromatic carbocycles. The minimum atomic E-state index is -0.776. The van der Waals surface area contributed by atoms with E-state index in [0.717, 1.165) is 0 Å². The second-order valence-corrected chi connectivity index (χ2v) is 5.19. The zero-order valence-corrected chi connectivity index (χ0v) is 12.3. The summed E-state index contributed by atoms with van der Waals surface area (Å²) in [5, 5.41) is 0.294. The van der Waals surface area contributed by atoms with Gasteiger partial charge in [0.15, 0.2) is 0 Å². The first kappa shape index (κ1) is 15.5. The zero-order valence-electron chi connectivity index (χ0n) is 11.6. The Morgan fingerprint density at radius 3 is 2.52 bits per heavy atom. The largest absolute Gasteiger partial charge is 0.340 e. The second kappa shape index (κ2) is 6.70. The Morgan fingerprint density at radius 2 is 1.90 bits per heavy atom. The molecule has 0 saturated heterocycles. The molecule has 2 aromatic rings. The third-order valence-electron chi connectivity index (χ3n) is 3.26. The van der Waals surface area contributed by atoms with Gasteiger partial charge in [-0.3, -0.25) is 4.79 Å². The topological polar surface area (TPSA) is 46.3 Å². The highest BCUT2D eigenvalue weighted by Crippen LogP contribution is 2.21. The van der Waals surface area contributed by atoms with Crippen LogP contribution in [-0.2, 0) is 11.3 Å². The van der Waals surface area contributed by atoms with Crippen LogP contribution in [-0.4, -0.2) is 17.9 Å². The van der Waals surface area contributed by atoms with Crippen molar-refractivity contribution in [2.75, 3.05) is 7.05 Å². The highest BCUT2D eigenvalue weighted by atomic mass is 35.5. The Labute approximate surface area is 128 Å². The molecule has 2 N–H and O–H groups in total. The van der Waals surface area contributed by atoms with Crippen LogP contribution < -0.4 is 5.73 Å². The van der Waals surface area contributed by atoms with Crippen molar-refractivity contribution in [3.8, 4) is 0 Å². The molecule has 21 heavy (non-hydrogen) atoms. The van der Waals surface area contributed by atoms with Gasteiger partial charge in [-0.1, -0.05) is 48.0 Å². The number of benzene rings is 2. The van der Waals surface area contributed by atoms with E-state index in [2.05, 4.69) is 0 Å². The molecule has 0 radical (unpaired) electrons. The first-order valence-electron chi connectivity index (χ1n) is 6.49. The lowest BCUT2D eigenvalue weighted by molar-refractivity contribution is -0.132. The maximum atomic E-state index is 13.7. The van der Waals surface area contributed by atoms with E-state index in [1.54, 1.807) is 25.2 Å². The van der Waals surface area contributed by atoms with Crippen LogP contribution in [0.3, 0.4) is 0 Å². The van der Waals surface area contributed by atoms with Crippen molar-refractivity contribution in [3.05, 3.63) is 70.5 Å². The van der Waals surface area contributed by atoms with Gasteiger partial charge >= 0.3 is 0 Å². The fourth-order valence-corrected chi connectivity index (χ4v) is 2.26. The first-order valence-corrected chi connectivity index (χ1v) is 6.87. The number of likely N-dealkylation sites (N-methyl/N-ethyl adjacent to an activating group) is 1. The molecule has 5 heteroatoms. The molecule has 0 aromatic heterocycles. The van der Waals surface area contributed by atoms with Gasteiger partial charge < -0.3 is 10.6 Å². The molecule has 0 heterocycles. The van der Waals surface area contributed by atoms with Crippen molar-refractivity contribution in [2.24, 2.45) is 5.73 Å². The predicted molar refractivity (Wildman–Crippen MR) is 81.3 cm³/mol. The van der Waals surface area contributed by atoms with Gasteiger partial charge in [-0.2, -0.15) is 0 Å². The van der Waals surface area contributed by atoms with Crippen molar-refractivity contribution < 1.29 is 9.18 Å². The van der Waals surface area contributed by atoms with Gasteiger partial charge in [0.05, 0.1) is 0 Å². The van der Waals surface area contributed by atoms with Crippen LogP contribution >= 0.6 is 11.6 Å². The third kappa shape index (κ3) is 3.60. The van der Waals surface area contributed by atoms with Crippen LogP contribution in [0, 0.1) is 5.82 Å². The van der Waals surface area contributed by atoms with Crippen molar-refractivity contribution >= 4 is 17.5 Å². The van der Waals surface area contributed by atoms with Gasteiger partial charge in [-0.25, -0.2) is 4.39 Å². The minimum absolute atomic E-state index is 0.0743. The molecular weight excluding hydrogens is 291 g/mol. The van der Waals surface area contributed by atoms with E-state index >= 15 is 0 Å². The number of rotatable bonds is 4. The number of carbonyl (C=O) groups is 1. The summed E-state index contributed by atoms with van der Waals surface area (Å²) in [6, 6.07) is 12.7. The molecule has 1 amide bonds. The van der Waals surface area contributed by atoms with E-state index in [0.29, 0.717) is 10.6 Å². The Bertz CT molecular complexity index is 613. The zero-order chi connectivity index (χ0) is 15.4. The average Bonchev–Trinajstić information content (AvgIpc) is 2.50. The molecule has 0 aliphatic heterocycles. The van der Waals surface area contributed by atoms with Crippen molar-refractivity contribution in [1.29, 1.82) is 0 Å². The van der Waals surface area contributed by atoms with Gasteiger partial charge in [0, 0.05) is 24.2 Å². The van der Waals surface area contributed by atoms with E-state index in [1.807, 2.05) is 18.2 Å². The summed E-state index contributed by atoms with van der Waals surface area (Å²) in [4.78, 5) is 13.7. The number of hydrogen-bond acceptors (Lipinski definition) is 2. The SMILES string of the molecule is CN(Cc1c(F)cccc1Cl)C(=O)[C@H](N)c1ccccc1. The minimum Gasteiger partial charge on any atom is -0.340 e. The average molecular weight is 307 g/mol. The van der Waals surface area contributed by atoms with Crippen molar-refractivity contribution in [3.63, 3.8) is 0 Å². The van der Waals surface area contributed by atoms with E-state index in [4.69, 9.17) is 17.3 Å². The third-order valence-corrected chi connectivity index (χ3v) is 3.61. The lowest BCUT2D eigenvalue weighted by Gasteiger charge is -2.22. The fourth-order valence-electron chi connectivity index (χ4n) is 2.04. The van der Waals surface area contributed by atoms with Crippen LogP contribution in [0.25, 0.3) is 0 Å². The molecule has 3 nitrogen and oxygen atoms in total. The summed E-state index contributed by atoms with van der Waals surface area (Å²) >= 11 is 5.97. The summed E-state index contributed by atoms with van der Waals surface area (Å²) in [5.41, 5.74) is 6.96.